The molecule has 2 aliphatic carbocycles. The molecule has 1 aromatic carbocycles. The van der Waals surface area contributed by atoms with Crippen molar-refractivity contribution in [3.8, 4) is 11.5 Å². The summed E-state index contributed by atoms with van der Waals surface area (Å²) < 4.78 is 11.5. The molecule has 4 aliphatic rings. The molecule has 6 heteroatoms. The van der Waals surface area contributed by atoms with Crippen LogP contribution in [-0.2, 0) is 11.8 Å². The highest BCUT2D eigenvalue weighted by atomic mass is 16.5. The third-order valence-electron chi connectivity index (χ3n) is 6.58. The second kappa shape index (κ2) is 4.73. The van der Waals surface area contributed by atoms with E-state index in [9.17, 15) is 10.3 Å². The summed E-state index contributed by atoms with van der Waals surface area (Å²) in [6.45, 7) is 0.567. The molecule has 2 heterocycles. The van der Waals surface area contributed by atoms with Crippen molar-refractivity contribution in [2.75, 3.05) is 20.7 Å². The van der Waals surface area contributed by atoms with Gasteiger partial charge in [0.25, 0.3) is 0 Å². The average molecular weight is 333 g/mol. The Hall–Kier alpha value is -1.60. The lowest BCUT2D eigenvalue weighted by atomic mass is 9.53. The number of likely N-dealkylation sites (N-methyl/N-ethyl adjacent to an activating group) is 1. The number of hydrogen-bond donors (Lipinski definition) is 1. The van der Waals surface area contributed by atoms with Crippen molar-refractivity contribution in [2.45, 2.75) is 36.5 Å². The number of aliphatic hydroxyl groups excluding tert-OH is 1. The number of likely N-dealkylation sites (tertiary alicyclic amines) is 1. The van der Waals surface area contributed by atoms with E-state index in [0.29, 0.717) is 6.54 Å². The number of methoxy groups -OCH3 is 1. The van der Waals surface area contributed by atoms with Crippen LogP contribution in [0.3, 0.4) is 0 Å². The molecular weight excluding hydrogens is 310 g/mol. The number of rotatable bonds is 1. The van der Waals surface area contributed by atoms with Crippen LogP contribution >= 0.6 is 0 Å². The zero-order chi connectivity index (χ0) is 16.0. The summed E-state index contributed by atoms with van der Waals surface area (Å²) in [6, 6.07) is 3.99. The third kappa shape index (κ3) is 1.59. The molecule has 1 spiro atoms. The summed E-state index contributed by atoms with van der Waals surface area (Å²) in [7, 11) is 3.43. The van der Waals surface area contributed by atoms with Gasteiger partial charge in [-0.25, -0.2) is 0 Å². The first-order chi connectivity index (χ1) is 11.0. The lowest BCUT2D eigenvalue weighted by molar-refractivity contribution is -0.898. The van der Waals surface area contributed by atoms with Crippen LogP contribution in [0.5, 0.6) is 11.5 Å². The van der Waals surface area contributed by atoms with E-state index in [4.69, 9.17) is 9.47 Å². The highest BCUT2D eigenvalue weighted by Gasteiger charge is 2.66. The Morgan fingerprint density at radius 3 is 2.92 bits per heavy atom. The van der Waals surface area contributed by atoms with Gasteiger partial charge in [0.1, 0.15) is 12.2 Å². The zero-order valence-corrected chi connectivity index (χ0v) is 13.9. The summed E-state index contributed by atoms with van der Waals surface area (Å²) in [5.41, 5.74) is 2.09. The highest BCUT2D eigenvalue weighted by Crippen LogP contribution is 2.63. The fourth-order valence-electron chi connectivity index (χ4n) is 5.54. The highest BCUT2D eigenvalue weighted by molar-refractivity contribution is 5.61. The van der Waals surface area contributed by atoms with E-state index < -0.39 is 6.10 Å². The summed E-state index contributed by atoms with van der Waals surface area (Å²) in [5.74, 6) is 1.62. The van der Waals surface area contributed by atoms with Crippen molar-refractivity contribution in [2.24, 2.45) is 5.92 Å². The Bertz CT molecular complexity index is 730. The Morgan fingerprint density at radius 2 is 2.17 bits per heavy atom. The van der Waals surface area contributed by atoms with Crippen molar-refractivity contribution < 1.29 is 24.7 Å². The van der Waals surface area contributed by atoms with Gasteiger partial charge in [-0.15, -0.1) is 0 Å². The molecule has 2 bridgehead atoms. The van der Waals surface area contributed by atoms with E-state index in [0.717, 1.165) is 24.3 Å². The van der Waals surface area contributed by atoms with Crippen LogP contribution in [0, 0.1) is 11.1 Å². The van der Waals surface area contributed by atoms with Gasteiger partial charge in [0.05, 0.1) is 32.2 Å². The fourth-order valence-corrected chi connectivity index (χ4v) is 5.54. The summed E-state index contributed by atoms with van der Waals surface area (Å²) in [4.78, 5) is 0. The number of quaternary nitrogens is 1. The molecule has 3 N–H and O–H groups in total. The number of hydroxylamine groups is 3. The summed E-state index contributed by atoms with van der Waals surface area (Å²) in [6.07, 6.45) is 4.43. The number of aliphatic hydroxyl groups is 1. The van der Waals surface area contributed by atoms with Gasteiger partial charge in [0, 0.05) is 24.3 Å². The van der Waals surface area contributed by atoms with Gasteiger partial charge in [-0.1, -0.05) is 18.2 Å². The predicted octanol–water partition coefficient (Wildman–Crippen LogP) is 0.689. The quantitative estimate of drug-likeness (QED) is 0.465. The Labute approximate surface area is 140 Å². The smallest absolute Gasteiger partial charge is 0.165 e. The minimum atomic E-state index is -0.640. The molecule has 1 fully saturated rings. The molecule has 24 heavy (non-hydrogen) atoms. The maximum Gasteiger partial charge on any atom is 0.165 e. The van der Waals surface area contributed by atoms with E-state index in [1.165, 1.54) is 11.1 Å². The largest absolute Gasteiger partial charge is 0.633 e. The third-order valence-corrected chi connectivity index (χ3v) is 6.58. The van der Waals surface area contributed by atoms with Crippen molar-refractivity contribution >= 4 is 0 Å². The topological polar surface area (TPSA) is 93.2 Å². The number of ether oxygens (including phenoxy) is 2. The number of hydrogen-bond acceptors (Lipinski definition) is 4. The van der Waals surface area contributed by atoms with Gasteiger partial charge in [-0.2, -0.15) is 0 Å². The van der Waals surface area contributed by atoms with Crippen LogP contribution in [0.2, 0.25) is 0 Å². The number of benzene rings is 1. The molecule has 5 rings (SSSR count). The van der Waals surface area contributed by atoms with E-state index in [-0.39, 0.29) is 33.6 Å². The number of piperidine rings is 1. The standard InChI is InChI=1S/C18H21NO4.H2O/c1-19(21)8-7-18-11-4-5-13(20)17(18)23-16-14(22-2)6-3-10(15(16)18)9-12(11)19;/h3-6,11-13,17,20H,7-9H2,1-2H3;1H2/t11-,12+,13-,17-,18-,19?;/m0./s1. The van der Waals surface area contributed by atoms with Crippen LogP contribution in [0.25, 0.3) is 0 Å². The molecule has 1 aromatic rings. The van der Waals surface area contributed by atoms with Crippen molar-refractivity contribution in [3.63, 3.8) is 0 Å². The first-order valence-electron chi connectivity index (χ1n) is 8.28. The van der Waals surface area contributed by atoms with Crippen LogP contribution in [0.15, 0.2) is 24.3 Å². The normalized spacial score (nSPS) is 43.5. The molecular formula is C18H23NO5. The van der Waals surface area contributed by atoms with Gasteiger partial charge < -0.3 is 29.9 Å². The molecule has 0 aromatic heterocycles. The van der Waals surface area contributed by atoms with Gasteiger partial charge in [0.2, 0.25) is 0 Å². The van der Waals surface area contributed by atoms with Crippen molar-refractivity contribution in [3.05, 3.63) is 40.6 Å². The van der Waals surface area contributed by atoms with Gasteiger partial charge in [-0.3, -0.25) is 0 Å². The summed E-state index contributed by atoms with van der Waals surface area (Å²) in [5, 5.41) is 23.6. The average Bonchev–Trinajstić information content (AvgIpc) is 2.88. The van der Waals surface area contributed by atoms with Gasteiger partial charge in [0.15, 0.2) is 11.5 Å². The fraction of sp³-hybridized carbons (Fsp3) is 0.556. The van der Waals surface area contributed by atoms with Gasteiger partial charge in [-0.05, 0) is 11.6 Å². The second-order valence-corrected chi connectivity index (χ2v) is 7.53. The van der Waals surface area contributed by atoms with E-state index in [1.807, 2.05) is 12.1 Å². The molecule has 130 valence electrons. The van der Waals surface area contributed by atoms with E-state index in [2.05, 4.69) is 12.1 Å². The molecule has 0 amide bonds. The van der Waals surface area contributed by atoms with Gasteiger partial charge >= 0.3 is 0 Å². The van der Waals surface area contributed by atoms with Crippen LogP contribution in [0.1, 0.15) is 17.5 Å². The Kier molecular flexibility index (Phi) is 3.13. The minimum absolute atomic E-state index is 0. The van der Waals surface area contributed by atoms with Crippen molar-refractivity contribution in [1.82, 2.24) is 0 Å². The zero-order valence-electron chi connectivity index (χ0n) is 13.9. The van der Waals surface area contributed by atoms with Crippen LogP contribution < -0.4 is 9.47 Å². The molecule has 6 atom stereocenters. The molecule has 1 saturated heterocycles. The maximum absolute atomic E-state index is 13.0. The van der Waals surface area contributed by atoms with E-state index >= 15 is 0 Å². The summed E-state index contributed by atoms with van der Waals surface area (Å²) >= 11 is 0. The lowest BCUT2D eigenvalue weighted by Crippen LogP contribution is -2.69. The first kappa shape index (κ1) is 15.9. The maximum atomic E-state index is 13.0. The first-order valence-corrected chi connectivity index (χ1v) is 8.28. The van der Waals surface area contributed by atoms with Crippen LogP contribution in [0.4, 0.5) is 0 Å². The monoisotopic (exact) mass is 333 g/mol. The van der Waals surface area contributed by atoms with E-state index in [1.54, 1.807) is 14.2 Å². The second-order valence-electron chi connectivity index (χ2n) is 7.53. The van der Waals surface area contributed by atoms with Crippen LogP contribution in [-0.4, -0.2) is 54.2 Å². The minimum Gasteiger partial charge on any atom is -0.633 e. The Balaban J connectivity index is 0.00000146. The number of nitrogens with zero attached hydrogens (tertiary/aromatic N) is 1. The Morgan fingerprint density at radius 1 is 1.38 bits per heavy atom. The SMILES string of the molecule is COc1ccc2c3c1O[C@H]1[C@@H](O)C=C[C@H]4[C@@H](C2)[N+](C)([O-])CC[C@@]341.O. The van der Waals surface area contributed by atoms with Crippen molar-refractivity contribution in [1.29, 1.82) is 0 Å². The molecule has 6 nitrogen and oxygen atoms in total. The lowest BCUT2D eigenvalue weighted by Gasteiger charge is -2.61. The molecule has 1 unspecified atom stereocenters. The molecule has 0 radical (unpaired) electrons. The molecule has 2 aliphatic heterocycles. The predicted molar refractivity (Wildman–Crippen MR) is 87.9 cm³/mol. The molecule has 0 saturated carbocycles.